The van der Waals surface area contributed by atoms with Crippen molar-refractivity contribution in [2.45, 2.75) is 13.1 Å². The fourth-order valence-electron chi connectivity index (χ4n) is 0.190. The van der Waals surface area contributed by atoms with Crippen molar-refractivity contribution in [2.24, 2.45) is 0 Å². The van der Waals surface area contributed by atoms with Gasteiger partial charge < -0.3 is 0 Å². The number of hydrogen-bond acceptors (Lipinski definition) is 1. The van der Waals surface area contributed by atoms with E-state index < -0.39 is 24.8 Å². The van der Waals surface area contributed by atoms with Crippen LogP contribution in [0.25, 0.3) is 0 Å². The van der Waals surface area contributed by atoms with E-state index >= 15 is 0 Å². The third kappa shape index (κ3) is 2.59. The van der Waals surface area contributed by atoms with Crippen LogP contribution in [-0.2, 0) is 0 Å². The Morgan fingerprint density at radius 3 is 1.33 bits per heavy atom. The molecule has 0 N–H and O–H groups in total. The van der Waals surface area contributed by atoms with Crippen molar-refractivity contribution in [1.29, 1.82) is 0 Å². The zero-order valence-corrected chi connectivity index (χ0v) is 4.20. The second-order valence-corrected chi connectivity index (χ2v) is 1.19. The highest BCUT2D eigenvalue weighted by atomic mass is 19.3. The average Bonchev–Trinajstić information content (AvgIpc) is 1.64. The average molecular weight is 149 g/mol. The second kappa shape index (κ2) is 3.60. The number of nitrogens with zero attached hydrogens (tertiary/aromatic N) is 1. The molecule has 0 fully saturated rings. The number of hydrogen-bond donors (Lipinski definition) is 0. The Balaban J connectivity index is 3.68. The monoisotopic (exact) mass is 149 g/mol. The number of alkyl halides is 5. The maximum Gasteiger partial charge on any atom is 0.301 e. The summed E-state index contributed by atoms with van der Waals surface area (Å²) in [4.78, 5) is -0.875. The van der Waals surface area contributed by atoms with Crippen LogP contribution >= 0.6 is 0 Å². The quantitative estimate of drug-likeness (QED) is 0.435. The Hall–Kier alpha value is -0.390. The minimum Gasteiger partial charge on any atom is -0.233 e. The van der Waals surface area contributed by atoms with E-state index in [9.17, 15) is 22.0 Å². The van der Waals surface area contributed by atoms with Gasteiger partial charge in [0.05, 0.1) is 0 Å². The summed E-state index contributed by atoms with van der Waals surface area (Å²) in [6.07, 6.45) is 0. The predicted molar refractivity (Wildman–Crippen MR) is 19.8 cm³/mol. The SMILES string of the molecule is FCN(C(F)F)C(F)F. The topological polar surface area (TPSA) is 3.24 Å². The fourth-order valence-corrected chi connectivity index (χ4v) is 0.190. The van der Waals surface area contributed by atoms with Crippen molar-refractivity contribution in [3.05, 3.63) is 0 Å². The molecule has 0 aliphatic rings. The molecule has 9 heavy (non-hydrogen) atoms. The molecule has 0 aromatic carbocycles. The summed E-state index contributed by atoms with van der Waals surface area (Å²) < 4.78 is 55.8. The Morgan fingerprint density at radius 2 is 1.33 bits per heavy atom. The van der Waals surface area contributed by atoms with E-state index in [0.717, 1.165) is 0 Å². The zero-order chi connectivity index (χ0) is 7.44. The van der Waals surface area contributed by atoms with Gasteiger partial charge in [-0.15, -0.1) is 0 Å². The molecule has 0 aliphatic carbocycles. The van der Waals surface area contributed by atoms with Crippen LogP contribution in [0, 0.1) is 0 Å². The van der Waals surface area contributed by atoms with Gasteiger partial charge in [-0.25, -0.2) is 4.39 Å². The van der Waals surface area contributed by atoms with E-state index in [1.165, 1.54) is 0 Å². The molecule has 0 amide bonds. The highest BCUT2D eigenvalue weighted by molar-refractivity contribution is 4.42. The highest BCUT2D eigenvalue weighted by Crippen LogP contribution is 2.10. The Kier molecular flexibility index (Phi) is 3.44. The fraction of sp³-hybridized carbons (Fsp3) is 1.00. The first-order valence-electron chi connectivity index (χ1n) is 1.97. The predicted octanol–water partition coefficient (Wildman–Crippen LogP) is 1.66. The van der Waals surface area contributed by atoms with Crippen molar-refractivity contribution in [3.8, 4) is 0 Å². The van der Waals surface area contributed by atoms with Crippen molar-refractivity contribution in [1.82, 2.24) is 4.90 Å². The van der Waals surface area contributed by atoms with Crippen LogP contribution < -0.4 is 0 Å². The van der Waals surface area contributed by atoms with E-state index in [2.05, 4.69) is 0 Å². The molecule has 0 aromatic rings. The number of rotatable bonds is 3. The van der Waals surface area contributed by atoms with Gasteiger partial charge >= 0.3 is 13.1 Å². The molecule has 0 bridgehead atoms. The van der Waals surface area contributed by atoms with Gasteiger partial charge in [0.1, 0.15) is 0 Å². The van der Waals surface area contributed by atoms with Gasteiger partial charge in [-0.1, -0.05) is 0 Å². The van der Waals surface area contributed by atoms with Crippen LogP contribution in [0.15, 0.2) is 0 Å². The van der Waals surface area contributed by atoms with Crippen LogP contribution in [0.5, 0.6) is 0 Å². The van der Waals surface area contributed by atoms with Crippen LogP contribution in [0.4, 0.5) is 22.0 Å². The lowest BCUT2D eigenvalue weighted by Gasteiger charge is -2.14. The summed E-state index contributed by atoms with van der Waals surface area (Å²) in [5.41, 5.74) is 0. The molecule has 0 rings (SSSR count). The first kappa shape index (κ1) is 8.61. The summed E-state index contributed by atoms with van der Waals surface area (Å²) in [6.45, 7) is -8.71. The van der Waals surface area contributed by atoms with E-state index in [1.54, 1.807) is 0 Å². The van der Waals surface area contributed by atoms with Gasteiger partial charge in [0, 0.05) is 0 Å². The third-order valence-corrected chi connectivity index (χ3v) is 0.639. The van der Waals surface area contributed by atoms with Crippen molar-refractivity contribution < 1.29 is 22.0 Å². The molecule has 0 radical (unpaired) electrons. The van der Waals surface area contributed by atoms with Gasteiger partial charge in [0.15, 0.2) is 6.80 Å². The number of halogens is 5. The van der Waals surface area contributed by atoms with Gasteiger partial charge in [0.2, 0.25) is 0 Å². The van der Waals surface area contributed by atoms with Crippen molar-refractivity contribution >= 4 is 0 Å². The summed E-state index contributed by atoms with van der Waals surface area (Å²) in [6, 6.07) is 0. The Morgan fingerprint density at radius 1 is 1.00 bits per heavy atom. The molecule has 0 atom stereocenters. The molecule has 0 saturated carbocycles. The minimum absolute atomic E-state index is 0.875. The normalized spacial score (nSPS) is 12.0. The molecule has 0 aliphatic heterocycles. The zero-order valence-electron chi connectivity index (χ0n) is 4.20. The maximum absolute atomic E-state index is 11.2. The standard InChI is InChI=1S/C3H4F5N/c4-1-9(2(5)6)3(7)8/h2-3H,1H2. The molecule has 6 heteroatoms. The molecule has 0 spiro atoms. The maximum atomic E-state index is 11.2. The minimum atomic E-state index is -3.44. The van der Waals surface area contributed by atoms with Gasteiger partial charge in [-0.3, -0.25) is 0 Å². The summed E-state index contributed by atoms with van der Waals surface area (Å²) in [5, 5.41) is 0. The largest absolute Gasteiger partial charge is 0.301 e. The lowest BCUT2D eigenvalue weighted by atomic mass is 10.9. The lowest BCUT2D eigenvalue weighted by molar-refractivity contribution is -0.157. The highest BCUT2D eigenvalue weighted by Gasteiger charge is 2.24. The summed E-state index contributed by atoms with van der Waals surface area (Å²) in [7, 11) is 0. The van der Waals surface area contributed by atoms with Gasteiger partial charge in [0.25, 0.3) is 0 Å². The Bertz CT molecular complexity index is 66.6. The van der Waals surface area contributed by atoms with Gasteiger partial charge in [-0.05, 0) is 0 Å². The van der Waals surface area contributed by atoms with Crippen LogP contribution in [0.2, 0.25) is 0 Å². The van der Waals surface area contributed by atoms with Crippen molar-refractivity contribution in [2.75, 3.05) is 6.80 Å². The smallest absolute Gasteiger partial charge is 0.233 e. The molecule has 0 aromatic heterocycles. The summed E-state index contributed by atoms with van der Waals surface area (Å²) >= 11 is 0. The van der Waals surface area contributed by atoms with Crippen LogP contribution in [-0.4, -0.2) is 24.8 Å². The molecule has 0 saturated heterocycles. The first-order valence-corrected chi connectivity index (χ1v) is 1.97. The van der Waals surface area contributed by atoms with Gasteiger partial charge in [-0.2, -0.15) is 22.5 Å². The summed E-state index contributed by atoms with van der Waals surface area (Å²) in [5.74, 6) is 0. The molecule has 1 nitrogen and oxygen atoms in total. The van der Waals surface area contributed by atoms with E-state index in [0.29, 0.717) is 0 Å². The molecular weight excluding hydrogens is 145 g/mol. The molecule has 0 unspecified atom stereocenters. The molecule has 56 valence electrons. The van der Waals surface area contributed by atoms with E-state index in [4.69, 9.17) is 0 Å². The molecule has 0 heterocycles. The first-order chi connectivity index (χ1) is 4.09. The second-order valence-electron chi connectivity index (χ2n) is 1.19. The lowest BCUT2D eigenvalue weighted by Crippen LogP contribution is -2.32. The Labute approximate surface area is 48.1 Å². The van der Waals surface area contributed by atoms with Crippen LogP contribution in [0.1, 0.15) is 0 Å². The van der Waals surface area contributed by atoms with E-state index in [1.807, 2.05) is 0 Å². The van der Waals surface area contributed by atoms with E-state index in [-0.39, 0.29) is 0 Å². The third-order valence-electron chi connectivity index (χ3n) is 0.639. The van der Waals surface area contributed by atoms with Crippen molar-refractivity contribution in [3.63, 3.8) is 0 Å². The molecular formula is C3H4F5N. The van der Waals surface area contributed by atoms with Crippen LogP contribution in [0.3, 0.4) is 0 Å².